The van der Waals surface area contributed by atoms with E-state index in [0.717, 1.165) is 45.0 Å². The summed E-state index contributed by atoms with van der Waals surface area (Å²) in [7, 11) is 0. The van der Waals surface area contributed by atoms with Gasteiger partial charge in [0.15, 0.2) is 0 Å². The van der Waals surface area contributed by atoms with Crippen LogP contribution in [-0.2, 0) is 0 Å². The number of rotatable bonds is 8. The lowest BCUT2D eigenvalue weighted by Crippen LogP contribution is -2.35. The number of fused-ring (bicyclic) bond motifs is 2. The number of hydrogen-bond acceptors (Lipinski definition) is 2. The molecular weight excluding hydrogens is 344 g/mol. The lowest BCUT2D eigenvalue weighted by Gasteiger charge is -2.25. The average Bonchev–Trinajstić information content (AvgIpc) is 2.99. The third-order valence-electron chi connectivity index (χ3n) is 6.04. The number of carbonyl (C=O) groups is 1. The average molecular weight is 375 g/mol. The SMILES string of the molecule is CCCCCCCCC(C)N1C(=O)c2c3cc(C)ccc3nc3cccc1c23. The molecule has 1 amide bonds. The van der Waals surface area contributed by atoms with Gasteiger partial charge in [-0.3, -0.25) is 4.79 Å². The summed E-state index contributed by atoms with van der Waals surface area (Å²) in [6.07, 6.45) is 8.73. The first kappa shape index (κ1) is 18.9. The van der Waals surface area contributed by atoms with Crippen molar-refractivity contribution < 1.29 is 4.79 Å². The minimum absolute atomic E-state index is 0.141. The summed E-state index contributed by atoms with van der Waals surface area (Å²) >= 11 is 0. The Bertz CT molecular complexity index is 1020. The van der Waals surface area contributed by atoms with Crippen molar-refractivity contribution in [2.24, 2.45) is 0 Å². The summed E-state index contributed by atoms with van der Waals surface area (Å²) < 4.78 is 0. The van der Waals surface area contributed by atoms with Crippen LogP contribution in [0.5, 0.6) is 0 Å². The van der Waals surface area contributed by atoms with E-state index in [-0.39, 0.29) is 11.9 Å². The molecule has 1 unspecified atom stereocenters. The van der Waals surface area contributed by atoms with Crippen LogP contribution >= 0.6 is 0 Å². The minimum atomic E-state index is 0.141. The molecule has 0 N–H and O–H groups in total. The van der Waals surface area contributed by atoms with E-state index in [1.807, 2.05) is 23.1 Å². The second-order valence-electron chi connectivity index (χ2n) is 8.26. The molecular formula is C25H30N2O. The number of pyridine rings is 1. The van der Waals surface area contributed by atoms with Crippen molar-refractivity contribution in [2.45, 2.75) is 71.8 Å². The lowest BCUT2D eigenvalue weighted by atomic mass is 10.0. The number of aromatic nitrogens is 1. The number of carbonyl (C=O) groups excluding carboxylic acids is 1. The summed E-state index contributed by atoms with van der Waals surface area (Å²) in [5.41, 5.74) is 4.87. The number of aryl methyl sites for hydroxylation is 1. The molecule has 2 aromatic carbocycles. The molecule has 1 atom stereocenters. The van der Waals surface area contributed by atoms with Gasteiger partial charge >= 0.3 is 0 Å². The van der Waals surface area contributed by atoms with Crippen LogP contribution < -0.4 is 4.90 Å². The first-order chi connectivity index (χ1) is 13.6. The molecule has 3 heteroatoms. The highest BCUT2D eigenvalue weighted by molar-refractivity contribution is 6.30. The zero-order chi connectivity index (χ0) is 19.7. The second-order valence-corrected chi connectivity index (χ2v) is 8.26. The van der Waals surface area contributed by atoms with Gasteiger partial charge in [0.1, 0.15) is 0 Å². The maximum atomic E-state index is 13.5. The van der Waals surface area contributed by atoms with E-state index < -0.39 is 0 Å². The fraction of sp³-hybridized carbons (Fsp3) is 0.440. The molecule has 1 aliphatic heterocycles. The van der Waals surface area contributed by atoms with Crippen molar-refractivity contribution >= 4 is 33.4 Å². The zero-order valence-corrected chi connectivity index (χ0v) is 17.3. The van der Waals surface area contributed by atoms with E-state index in [4.69, 9.17) is 4.98 Å². The molecule has 0 radical (unpaired) electrons. The lowest BCUT2D eigenvalue weighted by molar-refractivity contribution is 0.0985. The first-order valence-corrected chi connectivity index (χ1v) is 10.8. The highest BCUT2D eigenvalue weighted by Gasteiger charge is 2.34. The predicted octanol–water partition coefficient (Wildman–Crippen LogP) is 6.80. The van der Waals surface area contributed by atoms with Gasteiger partial charge in [0, 0.05) is 16.8 Å². The summed E-state index contributed by atoms with van der Waals surface area (Å²) in [6.45, 7) is 6.51. The smallest absolute Gasteiger partial charge is 0.259 e. The van der Waals surface area contributed by atoms with Gasteiger partial charge in [0.25, 0.3) is 5.91 Å². The largest absolute Gasteiger partial charge is 0.305 e. The van der Waals surface area contributed by atoms with Gasteiger partial charge in [-0.15, -0.1) is 0 Å². The van der Waals surface area contributed by atoms with Gasteiger partial charge in [0.2, 0.25) is 0 Å². The van der Waals surface area contributed by atoms with E-state index in [0.29, 0.717) is 0 Å². The fourth-order valence-electron chi connectivity index (χ4n) is 4.53. The van der Waals surface area contributed by atoms with Crippen LogP contribution in [0, 0.1) is 6.92 Å². The zero-order valence-electron chi connectivity index (χ0n) is 17.3. The summed E-state index contributed by atoms with van der Waals surface area (Å²) in [5, 5.41) is 2.01. The molecule has 146 valence electrons. The van der Waals surface area contributed by atoms with Crippen molar-refractivity contribution in [3.8, 4) is 0 Å². The van der Waals surface area contributed by atoms with Crippen molar-refractivity contribution in [1.82, 2.24) is 4.98 Å². The molecule has 4 rings (SSSR count). The quantitative estimate of drug-likeness (QED) is 0.321. The fourth-order valence-corrected chi connectivity index (χ4v) is 4.53. The second kappa shape index (κ2) is 7.90. The van der Waals surface area contributed by atoms with Crippen LogP contribution in [-0.4, -0.2) is 16.9 Å². The van der Waals surface area contributed by atoms with Crippen LogP contribution in [0.1, 0.15) is 74.7 Å². The predicted molar refractivity (Wildman–Crippen MR) is 118 cm³/mol. The third-order valence-corrected chi connectivity index (χ3v) is 6.04. The van der Waals surface area contributed by atoms with Gasteiger partial charge < -0.3 is 4.90 Å². The molecule has 0 saturated heterocycles. The van der Waals surface area contributed by atoms with E-state index in [1.54, 1.807) is 0 Å². The monoisotopic (exact) mass is 374 g/mol. The molecule has 0 fully saturated rings. The van der Waals surface area contributed by atoms with Crippen molar-refractivity contribution in [1.29, 1.82) is 0 Å². The molecule has 0 aliphatic carbocycles. The summed E-state index contributed by atoms with van der Waals surface area (Å²) in [4.78, 5) is 20.4. The minimum Gasteiger partial charge on any atom is -0.305 e. The standard InChI is InChI=1S/C25H30N2O/c1-4-5-6-7-8-9-11-18(3)27-22-13-10-12-21-24(22)23(25(27)28)19-16-17(2)14-15-20(19)26-21/h10,12-16,18H,4-9,11H2,1-3H3. The molecule has 3 aromatic rings. The normalized spacial score (nSPS) is 14.4. The Balaban J connectivity index is 1.63. The van der Waals surface area contributed by atoms with Gasteiger partial charge in [-0.25, -0.2) is 4.98 Å². The number of hydrogen-bond donors (Lipinski definition) is 0. The molecule has 2 heterocycles. The van der Waals surface area contributed by atoms with Crippen molar-refractivity contribution in [3.05, 3.63) is 47.5 Å². The number of nitrogens with zero attached hydrogens (tertiary/aromatic N) is 2. The van der Waals surface area contributed by atoms with Crippen LogP contribution in [0.3, 0.4) is 0 Å². The molecule has 0 bridgehead atoms. The molecule has 3 nitrogen and oxygen atoms in total. The highest BCUT2D eigenvalue weighted by Crippen LogP contribution is 2.41. The van der Waals surface area contributed by atoms with Gasteiger partial charge in [-0.2, -0.15) is 0 Å². The van der Waals surface area contributed by atoms with Crippen molar-refractivity contribution in [2.75, 3.05) is 4.90 Å². The highest BCUT2D eigenvalue weighted by atomic mass is 16.2. The van der Waals surface area contributed by atoms with Crippen LogP contribution in [0.4, 0.5) is 5.69 Å². The van der Waals surface area contributed by atoms with Gasteiger partial charge in [-0.05, 0) is 44.5 Å². The maximum absolute atomic E-state index is 13.5. The van der Waals surface area contributed by atoms with Crippen LogP contribution in [0.15, 0.2) is 36.4 Å². The van der Waals surface area contributed by atoms with E-state index in [9.17, 15) is 4.79 Å². The van der Waals surface area contributed by atoms with Crippen LogP contribution in [0.25, 0.3) is 21.8 Å². The Morgan fingerprint density at radius 1 is 1.00 bits per heavy atom. The number of amides is 1. The van der Waals surface area contributed by atoms with Gasteiger partial charge in [0.05, 0.1) is 22.3 Å². The number of benzene rings is 2. The maximum Gasteiger partial charge on any atom is 0.259 e. The Labute approximate surface area is 167 Å². The Hall–Kier alpha value is -2.42. The molecule has 0 saturated carbocycles. The number of unbranched alkanes of at least 4 members (excludes halogenated alkanes) is 5. The summed E-state index contributed by atoms with van der Waals surface area (Å²) in [5.74, 6) is 0.141. The van der Waals surface area contributed by atoms with E-state index >= 15 is 0 Å². The molecule has 1 aromatic heterocycles. The summed E-state index contributed by atoms with van der Waals surface area (Å²) in [6, 6.07) is 12.5. The number of anilines is 1. The van der Waals surface area contributed by atoms with Crippen LogP contribution in [0.2, 0.25) is 0 Å². The van der Waals surface area contributed by atoms with Gasteiger partial charge in [-0.1, -0.05) is 63.1 Å². The van der Waals surface area contributed by atoms with E-state index in [2.05, 4.69) is 39.0 Å². The molecule has 0 spiro atoms. The Morgan fingerprint density at radius 3 is 2.61 bits per heavy atom. The Kier molecular flexibility index (Phi) is 5.34. The third kappa shape index (κ3) is 3.28. The molecule has 28 heavy (non-hydrogen) atoms. The molecule has 1 aliphatic rings. The van der Waals surface area contributed by atoms with Crippen molar-refractivity contribution in [3.63, 3.8) is 0 Å². The Morgan fingerprint density at radius 2 is 1.79 bits per heavy atom. The first-order valence-electron chi connectivity index (χ1n) is 10.8. The topological polar surface area (TPSA) is 33.2 Å². The van der Waals surface area contributed by atoms with E-state index in [1.165, 1.54) is 38.5 Å².